The number of fused-ring (bicyclic) bond motifs is 1. The number of benzene rings is 1. The maximum Gasteiger partial charge on any atom is 0.492 e. The minimum absolute atomic E-state index is 0.0333. The summed E-state index contributed by atoms with van der Waals surface area (Å²) in [6.45, 7) is 4.94. The third kappa shape index (κ3) is 3.39. The molecule has 0 atom stereocenters. The average molecular weight is 363 g/mol. The van der Waals surface area contributed by atoms with Gasteiger partial charge in [0.1, 0.15) is 5.69 Å². The normalized spacial score (nSPS) is 15.9. The van der Waals surface area contributed by atoms with Gasteiger partial charge < -0.3 is 9.68 Å². The number of carbonyl (C=O) groups is 1. The number of nitrogens with zero attached hydrogens (tertiary/aromatic N) is 1. The quantitative estimate of drug-likeness (QED) is 0.673. The Morgan fingerprint density at radius 2 is 2.00 bits per heavy atom. The fourth-order valence-electron chi connectivity index (χ4n) is 3.14. The first-order valence-electron chi connectivity index (χ1n) is 8.05. The lowest BCUT2D eigenvalue weighted by Gasteiger charge is -2.19. The van der Waals surface area contributed by atoms with Gasteiger partial charge in [-0.3, -0.25) is 9.78 Å². The van der Waals surface area contributed by atoms with Gasteiger partial charge in [-0.05, 0) is 49.0 Å². The van der Waals surface area contributed by atoms with E-state index in [1.165, 1.54) is 6.92 Å². The molecule has 136 valence electrons. The Labute approximate surface area is 149 Å². The van der Waals surface area contributed by atoms with Gasteiger partial charge in [-0.15, -0.1) is 0 Å². The molecule has 1 aromatic carbocycles. The van der Waals surface area contributed by atoms with E-state index < -0.39 is 30.2 Å². The van der Waals surface area contributed by atoms with Crippen LogP contribution in [0.3, 0.4) is 0 Å². The van der Waals surface area contributed by atoms with Gasteiger partial charge in [0.15, 0.2) is 5.78 Å². The highest BCUT2D eigenvalue weighted by molar-refractivity contribution is 6.62. The van der Waals surface area contributed by atoms with Gasteiger partial charge in [0.05, 0.1) is 11.2 Å². The number of hydrogen-bond acceptors (Lipinski definition) is 4. The van der Waals surface area contributed by atoms with E-state index in [1.807, 2.05) is 13.8 Å². The summed E-state index contributed by atoms with van der Waals surface area (Å²) < 4.78 is 44.5. The minimum Gasteiger partial charge on any atom is -0.423 e. The second-order valence-corrected chi connectivity index (χ2v) is 6.88. The van der Waals surface area contributed by atoms with Crippen molar-refractivity contribution in [2.75, 3.05) is 0 Å². The summed E-state index contributed by atoms with van der Waals surface area (Å²) in [5, 5.41) is 10.0. The first kappa shape index (κ1) is 18.6. The van der Waals surface area contributed by atoms with Gasteiger partial charge in [-0.25, -0.2) is 0 Å². The van der Waals surface area contributed by atoms with Gasteiger partial charge in [-0.1, -0.05) is 18.2 Å². The number of carbonyl (C=O) groups excluding carboxylic acids is 1. The molecular weight excluding hydrogens is 346 g/mol. The number of halogens is 3. The van der Waals surface area contributed by atoms with Crippen LogP contribution < -0.4 is 5.46 Å². The molecule has 0 saturated carbocycles. The predicted octanol–water partition coefficient (Wildman–Crippen LogP) is 2.79. The lowest BCUT2D eigenvalue weighted by atomic mass is 9.77. The Bertz CT molecular complexity index is 880. The van der Waals surface area contributed by atoms with Crippen LogP contribution in [0.25, 0.3) is 0 Å². The molecule has 1 aliphatic rings. The van der Waals surface area contributed by atoms with Crippen molar-refractivity contribution in [2.24, 2.45) is 0 Å². The molecule has 8 heteroatoms. The van der Waals surface area contributed by atoms with E-state index in [2.05, 4.69) is 4.98 Å². The Hall–Kier alpha value is -2.19. The molecule has 0 bridgehead atoms. The van der Waals surface area contributed by atoms with Crippen LogP contribution in [0.4, 0.5) is 13.2 Å². The lowest BCUT2D eigenvalue weighted by molar-refractivity contribution is -0.138. The number of alkyl halides is 3. The average Bonchev–Trinajstić information content (AvgIpc) is 2.75. The highest BCUT2D eigenvalue weighted by atomic mass is 19.4. The molecule has 0 saturated heterocycles. The predicted molar refractivity (Wildman–Crippen MR) is 90.2 cm³/mol. The molecule has 3 rings (SSSR count). The van der Waals surface area contributed by atoms with Crippen LogP contribution in [-0.2, 0) is 22.9 Å². The Balaban J connectivity index is 1.87. The number of Topliss-reactive ketones (excluding diaryl/α,β-unsaturated/α-hetero) is 1. The van der Waals surface area contributed by atoms with Crippen molar-refractivity contribution in [3.63, 3.8) is 0 Å². The van der Waals surface area contributed by atoms with Crippen LogP contribution in [0.2, 0.25) is 0 Å². The van der Waals surface area contributed by atoms with Crippen LogP contribution in [0.1, 0.15) is 46.6 Å². The molecule has 1 aromatic heterocycles. The summed E-state index contributed by atoms with van der Waals surface area (Å²) >= 11 is 0. The number of aromatic nitrogens is 1. The fraction of sp³-hybridized carbons (Fsp3) is 0.333. The van der Waals surface area contributed by atoms with Gasteiger partial charge >= 0.3 is 13.3 Å². The van der Waals surface area contributed by atoms with Gasteiger partial charge in [-0.2, -0.15) is 13.2 Å². The van der Waals surface area contributed by atoms with E-state index >= 15 is 0 Å². The summed E-state index contributed by atoms with van der Waals surface area (Å²) in [7, 11) is -1.09. The van der Waals surface area contributed by atoms with Gasteiger partial charge in [0.25, 0.3) is 0 Å². The van der Waals surface area contributed by atoms with E-state index in [1.54, 1.807) is 18.2 Å². The third-order valence-electron chi connectivity index (χ3n) is 4.50. The van der Waals surface area contributed by atoms with Crippen LogP contribution in [-0.4, -0.2) is 22.9 Å². The second-order valence-electron chi connectivity index (χ2n) is 6.88. The maximum absolute atomic E-state index is 13.0. The molecule has 2 aromatic rings. The number of ketones is 1. The van der Waals surface area contributed by atoms with Crippen molar-refractivity contribution < 1.29 is 27.6 Å². The van der Waals surface area contributed by atoms with Crippen molar-refractivity contribution in [2.45, 2.75) is 39.0 Å². The largest absolute Gasteiger partial charge is 0.492 e. The minimum atomic E-state index is -4.54. The Morgan fingerprint density at radius 3 is 2.65 bits per heavy atom. The molecule has 0 spiro atoms. The van der Waals surface area contributed by atoms with Crippen molar-refractivity contribution in [3.05, 3.63) is 58.4 Å². The Morgan fingerprint density at radius 1 is 1.31 bits per heavy atom. The molecule has 4 nitrogen and oxygen atoms in total. The van der Waals surface area contributed by atoms with Crippen LogP contribution >= 0.6 is 0 Å². The van der Waals surface area contributed by atoms with Crippen molar-refractivity contribution in [3.8, 4) is 0 Å². The number of rotatable bonds is 3. The van der Waals surface area contributed by atoms with Gasteiger partial charge in [0, 0.05) is 12.6 Å². The van der Waals surface area contributed by atoms with Crippen LogP contribution in [0, 0.1) is 6.92 Å². The molecule has 0 radical (unpaired) electrons. The second kappa shape index (κ2) is 6.21. The zero-order chi connectivity index (χ0) is 19.3. The van der Waals surface area contributed by atoms with Gasteiger partial charge in [0.2, 0.25) is 0 Å². The fourth-order valence-corrected chi connectivity index (χ4v) is 3.14. The third-order valence-corrected chi connectivity index (χ3v) is 4.50. The molecule has 1 aliphatic heterocycles. The SMILES string of the molecule is Cc1cnc(C(=O)Cc2ccc3c(c2)B(O)OC3(C)C)cc1C(F)(F)F. The van der Waals surface area contributed by atoms with Crippen molar-refractivity contribution in [1.29, 1.82) is 0 Å². The molecule has 2 heterocycles. The van der Waals surface area contributed by atoms with E-state index in [-0.39, 0.29) is 17.7 Å². The first-order valence-corrected chi connectivity index (χ1v) is 8.05. The topological polar surface area (TPSA) is 59.4 Å². The maximum atomic E-state index is 13.0. The van der Waals surface area contributed by atoms with Crippen molar-refractivity contribution in [1.82, 2.24) is 4.98 Å². The number of aryl methyl sites for hydroxylation is 1. The summed E-state index contributed by atoms with van der Waals surface area (Å²) in [6, 6.07) is 5.90. The molecule has 0 aliphatic carbocycles. The monoisotopic (exact) mass is 363 g/mol. The molecule has 1 N–H and O–H groups in total. The number of hydrogen-bond donors (Lipinski definition) is 1. The van der Waals surface area contributed by atoms with E-state index in [9.17, 15) is 23.0 Å². The summed E-state index contributed by atoms with van der Waals surface area (Å²) in [6.07, 6.45) is -3.60. The highest BCUT2D eigenvalue weighted by Gasteiger charge is 2.40. The van der Waals surface area contributed by atoms with E-state index in [0.717, 1.165) is 17.8 Å². The molecule has 26 heavy (non-hydrogen) atoms. The summed E-state index contributed by atoms with van der Waals surface area (Å²) in [4.78, 5) is 16.2. The first-order chi connectivity index (χ1) is 12.0. The molecule has 0 amide bonds. The standard InChI is InChI=1S/C18H17BF3NO3/c1-10-9-23-15(8-13(10)18(20,21)22)16(24)7-11-4-5-12-14(6-11)19(25)26-17(12,2)3/h4-6,8-9,25H,7H2,1-3H3. The summed E-state index contributed by atoms with van der Waals surface area (Å²) in [5.74, 6) is -0.525. The summed E-state index contributed by atoms with van der Waals surface area (Å²) in [5.41, 5.74) is 0.175. The molecular formula is C18H17BF3NO3. The smallest absolute Gasteiger partial charge is 0.423 e. The lowest BCUT2D eigenvalue weighted by Crippen LogP contribution is -2.29. The highest BCUT2D eigenvalue weighted by Crippen LogP contribution is 2.32. The van der Waals surface area contributed by atoms with Crippen LogP contribution in [0.5, 0.6) is 0 Å². The molecule has 0 fully saturated rings. The van der Waals surface area contributed by atoms with Crippen molar-refractivity contribution >= 4 is 18.4 Å². The Kier molecular flexibility index (Phi) is 4.44. The van der Waals surface area contributed by atoms with E-state index in [0.29, 0.717) is 11.0 Å². The number of pyridine rings is 1. The zero-order valence-electron chi connectivity index (χ0n) is 14.5. The van der Waals surface area contributed by atoms with Crippen LogP contribution in [0.15, 0.2) is 30.5 Å². The molecule has 0 unspecified atom stereocenters. The zero-order valence-corrected chi connectivity index (χ0v) is 14.5. The van der Waals surface area contributed by atoms with E-state index in [4.69, 9.17) is 4.65 Å².